The number of nitrogens with one attached hydrogen (secondary N) is 1. The molecule has 3 aromatic rings. The predicted molar refractivity (Wildman–Crippen MR) is 87.8 cm³/mol. The minimum absolute atomic E-state index is 0.437. The number of fused-ring (bicyclic) bond motifs is 1. The van der Waals surface area contributed by atoms with Crippen LogP contribution in [-0.4, -0.2) is 9.97 Å². The van der Waals surface area contributed by atoms with Gasteiger partial charge in [0.05, 0.1) is 5.52 Å². The first kappa shape index (κ1) is 13.4. The molecule has 0 amide bonds. The summed E-state index contributed by atoms with van der Waals surface area (Å²) in [5.41, 5.74) is 9.79. The Labute approximate surface area is 124 Å². The summed E-state index contributed by atoms with van der Waals surface area (Å²) < 4.78 is 0. The summed E-state index contributed by atoms with van der Waals surface area (Å²) in [4.78, 5) is 8.64. The zero-order valence-corrected chi connectivity index (χ0v) is 12.2. The molecular weight excluding hydrogens is 260 g/mol. The number of hydrogen-bond donors (Lipinski definition) is 2. The van der Waals surface area contributed by atoms with Gasteiger partial charge < -0.3 is 11.1 Å². The van der Waals surface area contributed by atoms with Crippen molar-refractivity contribution >= 4 is 28.1 Å². The Morgan fingerprint density at radius 2 is 1.86 bits per heavy atom. The molecule has 0 aliphatic rings. The lowest BCUT2D eigenvalue weighted by atomic mass is 10.0. The molecular formula is C17H18N4. The molecule has 0 bridgehead atoms. The van der Waals surface area contributed by atoms with Crippen molar-refractivity contribution in [3.8, 4) is 0 Å². The molecule has 0 fully saturated rings. The van der Waals surface area contributed by atoms with Crippen LogP contribution in [0.3, 0.4) is 0 Å². The molecule has 0 aliphatic carbocycles. The zero-order valence-electron chi connectivity index (χ0n) is 12.2. The smallest absolute Gasteiger partial charge is 0.141 e. The normalized spacial score (nSPS) is 11.0. The van der Waals surface area contributed by atoms with E-state index in [1.165, 1.54) is 5.56 Å². The Balaban J connectivity index is 2.08. The van der Waals surface area contributed by atoms with E-state index in [1.54, 1.807) is 6.33 Å². The van der Waals surface area contributed by atoms with Crippen molar-refractivity contribution in [2.24, 2.45) is 0 Å². The van der Waals surface area contributed by atoms with Gasteiger partial charge in [0.25, 0.3) is 0 Å². The fraction of sp³-hybridized carbons (Fsp3) is 0.176. The fourth-order valence-corrected chi connectivity index (χ4v) is 2.42. The van der Waals surface area contributed by atoms with Gasteiger partial charge in [-0.25, -0.2) is 9.97 Å². The molecule has 3 rings (SSSR count). The maximum absolute atomic E-state index is 5.88. The van der Waals surface area contributed by atoms with Crippen molar-refractivity contribution < 1.29 is 0 Å². The van der Waals surface area contributed by atoms with E-state index in [-0.39, 0.29) is 0 Å². The van der Waals surface area contributed by atoms with Gasteiger partial charge in [-0.15, -0.1) is 0 Å². The molecule has 0 unspecified atom stereocenters. The third kappa shape index (κ3) is 2.65. The molecule has 0 aliphatic heterocycles. The molecule has 2 aromatic carbocycles. The maximum Gasteiger partial charge on any atom is 0.141 e. The number of hydrogen-bond acceptors (Lipinski definition) is 4. The summed E-state index contributed by atoms with van der Waals surface area (Å²) in [6, 6.07) is 13.9. The van der Waals surface area contributed by atoms with Gasteiger partial charge in [0, 0.05) is 16.8 Å². The van der Waals surface area contributed by atoms with E-state index in [2.05, 4.69) is 47.3 Å². The average molecular weight is 278 g/mol. The Morgan fingerprint density at radius 1 is 1.05 bits per heavy atom. The molecule has 1 heterocycles. The van der Waals surface area contributed by atoms with Crippen molar-refractivity contribution in [2.45, 2.75) is 19.8 Å². The number of nitrogen functional groups attached to an aromatic ring is 1. The first-order valence-electron chi connectivity index (χ1n) is 7.01. The number of nitrogens with two attached hydrogens (primary N) is 1. The maximum atomic E-state index is 5.88. The van der Waals surface area contributed by atoms with Gasteiger partial charge >= 0.3 is 0 Å². The summed E-state index contributed by atoms with van der Waals surface area (Å²) in [6.45, 7) is 4.35. The molecule has 0 saturated carbocycles. The first-order chi connectivity index (χ1) is 10.1. The van der Waals surface area contributed by atoms with Gasteiger partial charge in [-0.05, 0) is 35.7 Å². The second kappa shape index (κ2) is 5.40. The lowest BCUT2D eigenvalue weighted by Gasteiger charge is -2.15. The van der Waals surface area contributed by atoms with Crippen LogP contribution in [0.4, 0.5) is 17.2 Å². The molecule has 4 nitrogen and oxygen atoms in total. The van der Waals surface area contributed by atoms with Crippen LogP contribution in [0.25, 0.3) is 10.9 Å². The van der Waals surface area contributed by atoms with Gasteiger partial charge in [0.1, 0.15) is 12.1 Å². The molecule has 21 heavy (non-hydrogen) atoms. The van der Waals surface area contributed by atoms with Gasteiger partial charge in [-0.1, -0.05) is 32.0 Å². The summed E-state index contributed by atoms with van der Waals surface area (Å²) >= 11 is 0. The Morgan fingerprint density at radius 3 is 2.67 bits per heavy atom. The minimum atomic E-state index is 0.437. The SMILES string of the molecule is CC(C)c1ccccc1Nc1ncnc2ccc(N)cc12. The number of aromatic nitrogens is 2. The Hall–Kier alpha value is -2.62. The highest BCUT2D eigenvalue weighted by Gasteiger charge is 2.09. The van der Waals surface area contributed by atoms with Crippen molar-refractivity contribution in [1.29, 1.82) is 0 Å². The van der Waals surface area contributed by atoms with Crippen molar-refractivity contribution in [1.82, 2.24) is 9.97 Å². The topological polar surface area (TPSA) is 63.8 Å². The standard InChI is InChI=1S/C17H18N4/c1-11(2)13-5-3-4-6-16(13)21-17-14-9-12(18)7-8-15(14)19-10-20-17/h3-11H,18H2,1-2H3,(H,19,20,21). The summed E-state index contributed by atoms with van der Waals surface area (Å²) in [5, 5.41) is 4.34. The molecule has 0 spiro atoms. The third-order valence-electron chi connectivity index (χ3n) is 3.50. The Kier molecular flexibility index (Phi) is 3.44. The van der Waals surface area contributed by atoms with E-state index >= 15 is 0 Å². The van der Waals surface area contributed by atoms with Gasteiger partial charge in [0.15, 0.2) is 0 Å². The largest absolute Gasteiger partial charge is 0.399 e. The Bertz CT molecular complexity index is 781. The predicted octanol–water partition coefficient (Wildman–Crippen LogP) is 4.08. The van der Waals surface area contributed by atoms with Crippen LogP contribution < -0.4 is 11.1 Å². The van der Waals surface area contributed by atoms with Gasteiger partial charge in [-0.2, -0.15) is 0 Å². The number of nitrogens with zero attached hydrogens (tertiary/aromatic N) is 2. The minimum Gasteiger partial charge on any atom is -0.399 e. The highest BCUT2D eigenvalue weighted by atomic mass is 15.0. The number of rotatable bonds is 3. The van der Waals surface area contributed by atoms with Crippen LogP contribution in [0.2, 0.25) is 0 Å². The molecule has 0 saturated heterocycles. The van der Waals surface area contributed by atoms with Crippen LogP contribution in [0.15, 0.2) is 48.8 Å². The second-order valence-corrected chi connectivity index (χ2v) is 5.37. The number of benzene rings is 2. The summed E-state index contributed by atoms with van der Waals surface area (Å²) in [7, 11) is 0. The van der Waals surface area contributed by atoms with Crippen LogP contribution in [0.5, 0.6) is 0 Å². The molecule has 1 aromatic heterocycles. The highest BCUT2D eigenvalue weighted by molar-refractivity contribution is 5.92. The fourth-order valence-electron chi connectivity index (χ4n) is 2.42. The van der Waals surface area contributed by atoms with Crippen LogP contribution >= 0.6 is 0 Å². The van der Waals surface area contributed by atoms with E-state index in [0.29, 0.717) is 11.6 Å². The van der Waals surface area contributed by atoms with Crippen molar-refractivity contribution in [2.75, 3.05) is 11.1 Å². The number of anilines is 3. The van der Waals surface area contributed by atoms with Gasteiger partial charge in [-0.3, -0.25) is 0 Å². The van der Waals surface area contributed by atoms with E-state index in [9.17, 15) is 0 Å². The lowest BCUT2D eigenvalue weighted by Crippen LogP contribution is -2.00. The van der Waals surface area contributed by atoms with E-state index in [1.807, 2.05) is 24.3 Å². The summed E-state index contributed by atoms with van der Waals surface area (Å²) in [5.74, 6) is 1.22. The summed E-state index contributed by atoms with van der Waals surface area (Å²) in [6.07, 6.45) is 1.57. The molecule has 4 heteroatoms. The second-order valence-electron chi connectivity index (χ2n) is 5.37. The van der Waals surface area contributed by atoms with Crippen molar-refractivity contribution in [3.63, 3.8) is 0 Å². The van der Waals surface area contributed by atoms with Crippen LogP contribution in [0.1, 0.15) is 25.3 Å². The average Bonchev–Trinajstić information content (AvgIpc) is 2.48. The van der Waals surface area contributed by atoms with Crippen LogP contribution in [-0.2, 0) is 0 Å². The molecule has 0 radical (unpaired) electrons. The third-order valence-corrected chi connectivity index (χ3v) is 3.50. The van der Waals surface area contributed by atoms with E-state index in [0.717, 1.165) is 22.4 Å². The zero-order chi connectivity index (χ0) is 14.8. The monoisotopic (exact) mass is 278 g/mol. The van der Waals surface area contributed by atoms with Crippen LogP contribution in [0, 0.1) is 0 Å². The van der Waals surface area contributed by atoms with E-state index < -0.39 is 0 Å². The van der Waals surface area contributed by atoms with Gasteiger partial charge in [0.2, 0.25) is 0 Å². The van der Waals surface area contributed by atoms with Crippen molar-refractivity contribution in [3.05, 3.63) is 54.4 Å². The molecule has 106 valence electrons. The quantitative estimate of drug-likeness (QED) is 0.709. The lowest BCUT2D eigenvalue weighted by molar-refractivity contribution is 0.869. The molecule has 3 N–H and O–H groups in total. The molecule has 0 atom stereocenters. The number of para-hydroxylation sites is 1. The van der Waals surface area contributed by atoms with E-state index in [4.69, 9.17) is 5.73 Å². The first-order valence-corrected chi connectivity index (χ1v) is 7.01. The highest BCUT2D eigenvalue weighted by Crippen LogP contribution is 2.29.